The Kier molecular flexibility index (Phi) is 2.97. The minimum absolute atomic E-state index is 0.0847. The minimum atomic E-state index is -0.485. The molecule has 0 bridgehead atoms. The zero-order chi connectivity index (χ0) is 13.4. The first-order chi connectivity index (χ1) is 9.19. The van der Waals surface area contributed by atoms with E-state index >= 15 is 0 Å². The number of hydrogen-bond acceptors (Lipinski definition) is 3. The van der Waals surface area contributed by atoms with Crippen molar-refractivity contribution in [2.24, 2.45) is 0 Å². The predicted octanol–water partition coefficient (Wildman–Crippen LogP) is 3.78. The summed E-state index contributed by atoms with van der Waals surface area (Å²) in [4.78, 5) is 4.21. The van der Waals surface area contributed by atoms with Gasteiger partial charge in [0.2, 0.25) is 5.89 Å². The second kappa shape index (κ2) is 4.64. The predicted molar refractivity (Wildman–Crippen MR) is 70.3 cm³/mol. The van der Waals surface area contributed by atoms with Crippen LogP contribution in [-0.2, 0) is 6.61 Å². The molecule has 0 aliphatic heterocycles. The first kappa shape index (κ1) is 12.1. The molecule has 3 rings (SSSR count). The molecule has 0 radical (unpaired) electrons. The molecule has 0 saturated heterocycles. The van der Waals surface area contributed by atoms with Crippen LogP contribution in [0, 0.1) is 5.82 Å². The second-order valence-electron chi connectivity index (χ2n) is 4.08. The maximum Gasteiger partial charge on any atom is 0.231 e. The molecular formula is C14H9ClFNO2. The van der Waals surface area contributed by atoms with Gasteiger partial charge in [-0.25, -0.2) is 9.37 Å². The van der Waals surface area contributed by atoms with Gasteiger partial charge in [0.05, 0.1) is 17.2 Å². The topological polar surface area (TPSA) is 46.3 Å². The quantitative estimate of drug-likeness (QED) is 0.775. The Labute approximate surface area is 113 Å². The lowest BCUT2D eigenvalue weighted by molar-refractivity contribution is 0.282. The fourth-order valence-corrected chi connectivity index (χ4v) is 2.12. The second-order valence-corrected chi connectivity index (χ2v) is 4.48. The van der Waals surface area contributed by atoms with Gasteiger partial charge in [-0.1, -0.05) is 23.7 Å². The molecule has 96 valence electrons. The number of halogens is 2. The van der Waals surface area contributed by atoms with Crippen LogP contribution in [0.4, 0.5) is 4.39 Å². The van der Waals surface area contributed by atoms with Crippen molar-refractivity contribution in [1.29, 1.82) is 0 Å². The van der Waals surface area contributed by atoms with Gasteiger partial charge in [0.1, 0.15) is 11.3 Å². The van der Waals surface area contributed by atoms with Crippen LogP contribution < -0.4 is 0 Å². The molecule has 1 aromatic heterocycles. The fourth-order valence-electron chi connectivity index (χ4n) is 1.88. The lowest BCUT2D eigenvalue weighted by atomic mass is 10.2. The molecule has 0 aliphatic carbocycles. The minimum Gasteiger partial charge on any atom is -0.436 e. The van der Waals surface area contributed by atoms with Gasteiger partial charge in [0.15, 0.2) is 5.58 Å². The Morgan fingerprint density at radius 1 is 1.26 bits per heavy atom. The van der Waals surface area contributed by atoms with Gasteiger partial charge >= 0.3 is 0 Å². The standard InChI is InChI=1S/C14H9ClFNO2/c15-9-2-1-3-10(16)13(9)14-17-11-6-8(7-18)4-5-12(11)19-14/h1-6,18H,7H2. The molecule has 0 atom stereocenters. The maximum atomic E-state index is 13.8. The third kappa shape index (κ3) is 2.09. The number of rotatable bonds is 2. The van der Waals surface area contributed by atoms with Gasteiger partial charge in [0, 0.05) is 0 Å². The smallest absolute Gasteiger partial charge is 0.231 e. The van der Waals surface area contributed by atoms with Crippen LogP contribution >= 0.6 is 11.6 Å². The van der Waals surface area contributed by atoms with Crippen molar-refractivity contribution < 1.29 is 13.9 Å². The summed E-state index contributed by atoms with van der Waals surface area (Å²) in [7, 11) is 0. The number of benzene rings is 2. The van der Waals surface area contributed by atoms with E-state index < -0.39 is 5.82 Å². The molecule has 3 aromatic rings. The summed E-state index contributed by atoms with van der Waals surface area (Å²) in [5.74, 6) is -0.352. The zero-order valence-electron chi connectivity index (χ0n) is 9.73. The summed E-state index contributed by atoms with van der Waals surface area (Å²) in [5.41, 5.74) is 1.94. The van der Waals surface area contributed by atoms with Crippen molar-refractivity contribution in [1.82, 2.24) is 4.98 Å². The number of nitrogens with zero attached hydrogens (tertiary/aromatic N) is 1. The summed E-state index contributed by atoms with van der Waals surface area (Å²) in [6.07, 6.45) is 0. The van der Waals surface area contributed by atoms with Crippen molar-refractivity contribution in [3.63, 3.8) is 0 Å². The molecule has 5 heteroatoms. The number of aromatic nitrogens is 1. The van der Waals surface area contributed by atoms with E-state index in [1.165, 1.54) is 12.1 Å². The van der Waals surface area contributed by atoms with E-state index in [2.05, 4.69) is 4.98 Å². The van der Waals surface area contributed by atoms with Gasteiger partial charge in [0.25, 0.3) is 0 Å². The summed E-state index contributed by atoms with van der Waals surface area (Å²) in [6.45, 7) is -0.0847. The van der Waals surface area contributed by atoms with Crippen LogP contribution in [-0.4, -0.2) is 10.1 Å². The Balaban J connectivity index is 2.21. The van der Waals surface area contributed by atoms with Crippen LogP contribution in [0.2, 0.25) is 5.02 Å². The van der Waals surface area contributed by atoms with Gasteiger partial charge in [-0.3, -0.25) is 0 Å². The fraction of sp³-hybridized carbons (Fsp3) is 0.0714. The SMILES string of the molecule is OCc1ccc2oc(-c3c(F)cccc3Cl)nc2c1. The molecule has 0 unspecified atom stereocenters. The van der Waals surface area contributed by atoms with E-state index in [1.54, 1.807) is 24.3 Å². The number of oxazole rings is 1. The van der Waals surface area contributed by atoms with E-state index in [0.29, 0.717) is 16.7 Å². The molecule has 1 heterocycles. The normalized spacial score (nSPS) is 11.1. The van der Waals surface area contributed by atoms with Gasteiger partial charge in [-0.15, -0.1) is 0 Å². The molecule has 0 amide bonds. The third-order valence-electron chi connectivity index (χ3n) is 2.81. The highest BCUT2D eigenvalue weighted by atomic mass is 35.5. The first-order valence-electron chi connectivity index (χ1n) is 5.64. The van der Waals surface area contributed by atoms with Crippen LogP contribution in [0.1, 0.15) is 5.56 Å². The average molecular weight is 278 g/mol. The molecule has 0 saturated carbocycles. The van der Waals surface area contributed by atoms with E-state index in [9.17, 15) is 4.39 Å². The molecule has 0 aliphatic rings. The number of aliphatic hydroxyl groups is 1. The number of aliphatic hydroxyl groups excluding tert-OH is 1. The van der Waals surface area contributed by atoms with Gasteiger partial charge in [-0.2, -0.15) is 0 Å². The van der Waals surface area contributed by atoms with Crippen molar-refractivity contribution in [3.05, 3.63) is 52.8 Å². The molecule has 0 fully saturated rings. The number of fused-ring (bicyclic) bond motifs is 1. The number of hydrogen-bond donors (Lipinski definition) is 1. The molecule has 2 aromatic carbocycles. The van der Waals surface area contributed by atoms with Crippen molar-refractivity contribution in [3.8, 4) is 11.5 Å². The Morgan fingerprint density at radius 3 is 2.84 bits per heavy atom. The van der Waals surface area contributed by atoms with Gasteiger partial charge < -0.3 is 9.52 Å². The lowest BCUT2D eigenvalue weighted by Crippen LogP contribution is -1.85. The highest BCUT2D eigenvalue weighted by Gasteiger charge is 2.16. The van der Waals surface area contributed by atoms with Crippen molar-refractivity contribution >= 4 is 22.7 Å². The van der Waals surface area contributed by atoms with Crippen LogP contribution in [0.3, 0.4) is 0 Å². The van der Waals surface area contributed by atoms with E-state index in [1.807, 2.05) is 0 Å². The lowest BCUT2D eigenvalue weighted by Gasteiger charge is -1.99. The summed E-state index contributed by atoms with van der Waals surface area (Å²) in [5, 5.41) is 9.31. The highest BCUT2D eigenvalue weighted by Crippen LogP contribution is 2.32. The summed E-state index contributed by atoms with van der Waals surface area (Å²) < 4.78 is 19.3. The van der Waals surface area contributed by atoms with Crippen LogP contribution in [0.25, 0.3) is 22.6 Å². The largest absolute Gasteiger partial charge is 0.436 e. The van der Waals surface area contributed by atoms with Crippen molar-refractivity contribution in [2.45, 2.75) is 6.61 Å². The molecule has 3 nitrogen and oxygen atoms in total. The van der Waals surface area contributed by atoms with Crippen LogP contribution in [0.15, 0.2) is 40.8 Å². The molecular weight excluding hydrogens is 269 g/mol. The highest BCUT2D eigenvalue weighted by molar-refractivity contribution is 6.33. The maximum absolute atomic E-state index is 13.8. The Hall–Kier alpha value is -1.91. The summed E-state index contributed by atoms with van der Waals surface area (Å²) in [6, 6.07) is 9.50. The van der Waals surface area contributed by atoms with Gasteiger partial charge in [-0.05, 0) is 29.8 Å². The first-order valence-corrected chi connectivity index (χ1v) is 6.01. The van der Waals surface area contributed by atoms with Crippen LogP contribution in [0.5, 0.6) is 0 Å². The monoisotopic (exact) mass is 277 g/mol. The Bertz CT molecular complexity index is 734. The molecule has 0 spiro atoms. The third-order valence-corrected chi connectivity index (χ3v) is 3.13. The summed E-state index contributed by atoms with van der Waals surface area (Å²) >= 11 is 5.97. The molecule has 1 N–H and O–H groups in total. The van der Waals surface area contributed by atoms with E-state index in [-0.39, 0.29) is 23.1 Å². The van der Waals surface area contributed by atoms with E-state index in [0.717, 1.165) is 0 Å². The Morgan fingerprint density at radius 2 is 2.11 bits per heavy atom. The molecule has 19 heavy (non-hydrogen) atoms. The van der Waals surface area contributed by atoms with E-state index in [4.69, 9.17) is 21.1 Å². The van der Waals surface area contributed by atoms with Crippen molar-refractivity contribution in [2.75, 3.05) is 0 Å². The zero-order valence-corrected chi connectivity index (χ0v) is 10.5. The average Bonchev–Trinajstić information content (AvgIpc) is 2.80.